The molecular weight excluding hydrogens is 478 g/mol. The zero-order valence-corrected chi connectivity index (χ0v) is 21.8. The van der Waals surface area contributed by atoms with Gasteiger partial charge in [0.05, 0.1) is 6.54 Å². The van der Waals surface area contributed by atoms with Crippen LogP contribution in [-0.4, -0.2) is 40.6 Å². The van der Waals surface area contributed by atoms with Gasteiger partial charge < -0.3 is 26.4 Å². The maximum Gasteiger partial charge on any atom is 0.408 e. The van der Waals surface area contributed by atoms with Crippen LogP contribution in [0.3, 0.4) is 0 Å². The number of benzene rings is 1. The van der Waals surface area contributed by atoms with Crippen LogP contribution in [0.25, 0.3) is 10.1 Å². The second kappa shape index (κ2) is 11.9. The fourth-order valence-corrected chi connectivity index (χ4v) is 4.51. The number of nitrogens with zero attached hydrogens (tertiary/aromatic N) is 1. The van der Waals surface area contributed by atoms with E-state index in [0.717, 1.165) is 20.5 Å². The maximum absolute atomic E-state index is 13.0. The normalized spacial score (nSPS) is 13.0. The highest BCUT2D eigenvalue weighted by atomic mass is 32.1. The van der Waals surface area contributed by atoms with Crippen molar-refractivity contribution in [3.8, 4) is 0 Å². The van der Waals surface area contributed by atoms with E-state index in [1.54, 1.807) is 33.9 Å². The summed E-state index contributed by atoms with van der Waals surface area (Å²) < 4.78 is 6.31. The molecule has 10 heteroatoms. The molecule has 192 valence electrons. The van der Waals surface area contributed by atoms with Gasteiger partial charge in [-0.2, -0.15) is 0 Å². The van der Waals surface area contributed by atoms with Crippen molar-refractivity contribution in [1.82, 2.24) is 20.9 Å². The lowest BCUT2D eigenvalue weighted by Gasteiger charge is -2.24. The van der Waals surface area contributed by atoms with Gasteiger partial charge in [0.15, 0.2) is 0 Å². The molecule has 2 atom stereocenters. The third kappa shape index (κ3) is 7.94. The van der Waals surface area contributed by atoms with Gasteiger partial charge in [-0.05, 0) is 58.2 Å². The Labute approximate surface area is 214 Å². The topological polar surface area (TPSA) is 135 Å². The molecule has 1 aromatic carbocycles. The van der Waals surface area contributed by atoms with Gasteiger partial charge in [-0.3, -0.25) is 9.59 Å². The van der Waals surface area contributed by atoms with Gasteiger partial charge in [0.1, 0.15) is 23.5 Å². The second-order valence-electron chi connectivity index (χ2n) is 9.49. The summed E-state index contributed by atoms with van der Waals surface area (Å²) >= 11 is 1.52. The molecule has 2 heterocycles. The van der Waals surface area contributed by atoms with Crippen LogP contribution >= 0.6 is 11.3 Å². The van der Waals surface area contributed by atoms with Crippen LogP contribution < -0.4 is 21.7 Å². The van der Waals surface area contributed by atoms with E-state index >= 15 is 0 Å². The molecule has 9 nitrogen and oxygen atoms in total. The molecule has 0 unspecified atom stereocenters. The predicted octanol–water partition coefficient (Wildman–Crippen LogP) is 3.53. The largest absolute Gasteiger partial charge is 0.444 e. The number of nitrogens with one attached hydrogen (secondary N) is 3. The highest BCUT2D eigenvalue weighted by Gasteiger charge is 2.26. The minimum atomic E-state index is -0.867. The smallest absolute Gasteiger partial charge is 0.408 e. The fraction of sp³-hybridized carbons (Fsp3) is 0.385. The summed E-state index contributed by atoms with van der Waals surface area (Å²) in [6, 6.07) is 11.8. The van der Waals surface area contributed by atoms with Gasteiger partial charge in [0.2, 0.25) is 11.8 Å². The Morgan fingerprint density at radius 3 is 2.47 bits per heavy atom. The summed E-state index contributed by atoms with van der Waals surface area (Å²) in [6.45, 7) is 7.14. The Balaban J connectivity index is 1.59. The number of aryl methyl sites for hydroxylation is 1. The average molecular weight is 512 g/mol. The zero-order valence-electron chi connectivity index (χ0n) is 21.0. The van der Waals surface area contributed by atoms with Crippen LogP contribution in [0.15, 0.2) is 48.7 Å². The van der Waals surface area contributed by atoms with Crippen LogP contribution in [-0.2, 0) is 27.3 Å². The number of amides is 3. The summed E-state index contributed by atoms with van der Waals surface area (Å²) in [4.78, 5) is 43.1. The lowest BCUT2D eigenvalue weighted by Crippen LogP contribution is -2.53. The first-order chi connectivity index (χ1) is 17.0. The number of fused-ring (bicyclic) bond motifs is 1. The first kappa shape index (κ1) is 26.9. The predicted molar refractivity (Wildman–Crippen MR) is 141 cm³/mol. The number of nitrogen functional groups attached to an aromatic ring is 1. The molecule has 0 aliphatic carbocycles. The Morgan fingerprint density at radius 2 is 1.81 bits per heavy atom. The Morgan fingerprint density at radius 1 is 1.08 bits per heavy atom. The molecule has 0 radical (unpaired) electrons. The fourth-order valence-electron chi connectivity index (χ4n) is 3.50. The molecule has 0 saturated heterocycles. The molecule has 3 rings (SSSR count). The van der Waals surface area contributed by atoms with Gasteiger partial charge in [-0.15, -0.1) is 11.3 Å². The van der Waals surface area contributed by atoms with E-state index in [9.17, 15) is 14.4 Å². The maximum atomic E-state index is 13.0. The summed E-state index contributed by atoms with van der Waals surface area (Å²) in [5.74, 6) is -0.355. The SMILES string of the molecule is C[C@H](NC(=O)[C@@H](CCc1ccccc1)NC(=O)OC(C)(C)C)C(=O)NCc1cc2c(N)nccc2s1. The number of carbonyl (C=O) groups excluding carboxylic acids is 3. The van der Waals surface area contributed by atoms with Gasteiger partial charge in [0.25, 0.3) is 0 Å². The average Bonchev–Trinajstić information content (AvgIpc) is 3.24. The van der Waals surface area contributed by atoms with E-state index in [2.05, 4.69) is 20.9 Å². The number of thiophene rings is 1. The zero-order chi connectivity index (χ0) is 26.3. The van der Waals surface area contributed by atoms with Crippen molar-refractivity contribution in [2.45, 2.75) is 64.8 Å². The number of hydrogen-bond acceptors (Lipinski definition) is 7. The van der Waals surface area contributed by atoms with Crippen LogP contribution in [0.2, 0.25) is 0 Å². The minimum absolute atomic E-state index is 0.297. The van der Waals surface area contributed by atoms with E-state index in [1.165, 1.54) is 11.3 Å². The van der Waals surface area contributed by atoms with Crippen molar-refractivity contribution >= 4 is 45.1 Å². The van der Waals surface area contributed by atoms with E-state index in [-0.39, 0.29) is 5.91 Å². The standard InChI is InChI=1S/C26H33N5O4S/c1-16(23(32)29-15-18-14-19-21(36-18)12-13-28-22(19)27)30-24(33)20(31-25(34)35-26(2,3)4)11-10-17-8-6-5-7-9-17/h5-9,12-14,16,20H,10-11,15H2,1-4H3,(H2,27,28)(H,29,32)(H,30,33)(H,31,34)/t16-,20+/m0/s1. The Kier molecular flexibility index (Phi) is 8.87. The molecule has 0 aliphatic rings. The Hall–Kier alpha value is -3.66. The number of alkyl carbamates (subject to hydrolysis) is 1. The molecule has 2 aromatic heterocycles. The van der Waals surface area contributed by atoms with Crippen LogP contribution in [0.5, 0.6) is 0 Å². The van der Waals surface area contributed by atoms with Gasteiger partial charge in [-0.25, -0.2) is 9.78 Å². The molecule has 0 saturated carbocycles. The van der Waals surface area contributed by atoms with Gasteiger partial charge in [0, 0.05) is 21.2 Å². The number of ether oxygens (including phenoxy) is 1. The number of nitrogens with two attached hydrogens (primary N) is 1. The van der Waals surface area contributed by atoms with Crippen LogP contribution in [0, 0.1) is 0 Å². The van der Waals surface area contributed by atoms with Crippen LogP contribution in [0.4, 0.5) is 10.6 Å². The number of carbonyl (C=O) groups is 3. The molecular formula is C26H33N5O4S. The van der Waals surface area contributed by atoms with E-state index < -0.39 is 29.7 Å². The third-order valence-corrected chi connectivity index (χ3v) is 6.39. The number of aromatic nitrogens is 1. The summed E-state index contributed by atoms with van der Waals surface area (Å²) in [5, 5.41) is 9.04. The number of anilines is 1. The third-order valence-electron chi connectivity index (χ3n) is 5.29. The summed E-state index contributed by atoms with van der Waals surface area (Å²) in [5.41, 5.74) is 6.24. The molecule has 0 aliphatic heterocycles. The summed E-state index contributed by atoms with van der Waals surface area (Å²) in [7, 11) is 0. The second-order valence-corrected chi connectivity index (χ2v) is 10.7. The highest BCUT2D eigenvalue weighted by molar-refractivity contribution is 7.19. The number of rotatable bonds is 9. The van der Waals surface area contributed by atoms with Crippen molar-refractivity contribution < 1.29 is 19.1 Å². The van der Waals surface area contributed by atoms with Gasteiger partial charge >= 0.3 is 6.09 Å². The number of pyridine rings is 1. The molecule has 36 heavy (non-hydrogen) atoms. The van der Waals surface area contributed by atoms with Crippen molar-refractivity contribution in [2.75, 3.05) is 5.73 Å². The lowest BCUT2D eigenvalue weighted by molar-refractivity contribution is -0.129. The summed E-state index contributed by atoms with van der Waals surface area (Å²) in [6.07, 6.45) is 1.87. The van der Waals surface area contributed by atoms with Crippen molar-refractivity contribution in [1.29, 1.82) is 0 Å². The van der Waals surface area contributed by atoms with Crippen molar-refractivity contribution in [3.63, 3.8) is 0 Å². The Bertz CT molecular complexity index is 1210. The first-order valence-electron chi connectivity index (χ1n) is 11.8. The molecule has 5 N–H and O–H groups in total. The lowest BCUT2D eigenvalue weighted by atomic mass is 10.0. The van der Waals surface area contributed by atoms with Crippen molar-refractivity contribution in [3.05, 3.63) is 59.1 Å². The van der Waals surface area contributed by atoms with E-state index in [1.807, 2.05) is 42.5 Å². The highest BCUT2D eigenvalue weighted by Crippen LogP contribution is 2.28. The minimum Gasteiger partial charge on any atom is -0.444 e. The first-order valence-corrected chi connectivity index (χ1v) is 12.6. The molecule has 0 fully saturated rings. The monoisotopic (exact) mass is 511 g/mol. The van der Waals surface area contributed by atoms with Gasteiger partial charge in [-0.1, -0.05) is 30.3 Å². The van der Waals surface area contributed by atoms with Crippen molar-refractivity contribution in [2.24, 2.45) is 0 Å². The van der Waals surface area contributed by atoms with E-state index in [4.69, 9.17) is 10.5 Å². The number of hydrogen-bond donors (Lipinski definition) is 4. The molecule has 0 bridgehead atoms. The molecule has 3 amide bonds. The van der Waals surface area contributed by atoms with Crippen LogP contribution in [0.1, 0.15) is 44.6 Å². The molecule has 3 aromatic rings. The molecule has 0 spiro atoms. The quantitative estimate of drug-likeness (QED) is 0.347. The van der Waals surface area contributed by atoms with E-state index in [0.29, 0.717) is 25.2 Å².